The summed E-state index contributed by atoms with van der Waals surface area (Å²) in [6, 6.07) is 8.63. The third kappa shape index (κ3) is 4.79. The van der Waals surface area contributed by atoms with Gasteiger partial charge in [-0.15, -0.1) is 0 Å². The van der Waals surface area contributed by atoms with Gasteiger partial charge in [-0.2, -0.15) is 4.58 Å². The fourth-order valence-electron chi connectivity index (χ4n) is 6.31. The highest BCUT2D eigenvalue weighted by Crippen LogP contribution is 2.43. The molecule has 0 saturated heterocycles. The lowest BCUT2D eigenvalue weighted by atomic mass is 9.86. The minimum absolute atomic E-state index is 0.0219. The van der Waals surface area contributed by atoms with E-state index >= 15 is 0 Å². The molecule has 214 valence electrons. The molecule has 10 nitrogen and oxygen atoms in total. The Hall–Kier alpha value is -4.08. The molecule has 6 rings (SSSR count). The summed E-state index contributed by atoms with van der Waals surface area (Å²) in [5.41, 5.74) is 3.76. The van der Waals surface area contributed by atoms with Gasteiger partial charge in [-0.25, -0.2) is 19.6 Å². The third-order valence-corrected chi connectivity index (χ3v) is 8.15. The number of rotatable bonds is 4. The molecule has 1 aromatic carbocycles. The van der Waals surface area contributed by atoms with Crippen molar-refractivity contribution in [2.45, 2.75) is 77.5 Å². The molecular weight excluding hydrogens is 522 g/mol. The summed E-state index contributed by atoms with van der Waals surface area (Å²) in [5, 5.41) is 0. The zero-order valence-electron chi connectivity index (χ0n) is 24.2. The predicted octanol–water partition coefficient (Wildman–Crippen LogP) is 4.50. The van der Waals surface area contributed by atoms with Crippen LogP contribution in [0.25, 0.3) is 11.2 Å². The second-order valence-corrected chi connectivity index (χ2v) is 12.2. The summed E-state index contributed by atoms with van der Waals surface area (Å²) in [6.07, 6.45) is 3.66. The van der Waals surface area contributed by atoms with Crippen LogP contribution in [0.4, 0.5) is 10.5 Å². The van der Waals surface area contributed by atoms with Crippen LogP contribution in [0.2, 0.25) is 0 Å². The Balaban J connectivity index is 1.42. The molecule has 2 unspecified atom stereocenters. The van der Waals surface area contributed by atoms with Gasteiger partial charge in [0, 0.05) is 12.3 Å². The lowest BCUT2D eigenvalue weighted by Crippen LogP contribution is -2.59. The minimum atomic E-state index is -0.582. The average Bonchev–Trinajstić information content (AvgIpc) is 3.23. The molecule has 2 aliphatic heterocycles. The van der Waals surface area contributed by atoms with E-state index in [2.05, 4.69) is 26.0 Å². The highest BCUT2D eigenvalue weighted by atomic mass is 16.6. The molecular formula is C31H36N5O5+. The molecule has 3 aromatic rings. The van der Waals surface area contributed by atoms with Crippen molar-refractivity contribution in [1.82, 2.24) is 19.4 Å². The monoisotopic (exact) mass is 558 g/mol. The maximum Gasteiger partial charge on any atom is 0.411 e. The number of esters is 1. The van der Waals surface area contributed by atoms with Crippen LogP contribution in [0.1, 0.15) is 80.7 Å². The Labute approximate surface area is 238 Å². The number of benzene rings is 1. The zero-order chi connectivity index (χ0) is 29.1. The van der Waals surface area contributed by atoms with E-state index < -0.39 is 5.60 Å². The topological polar surface area (TPSA) is 107 Å². The summed E-state index contributed by atoms with van der Waals surface area (Å²) in [5.74, 6) is -0.362. The van der Waals surface area contributed by atoms with E-state index in [9.17, 15) is 14.4 Å². The fraction of sp³-hybridized carbons (Fsp3) is 0.484. The molecule has 41 heavy (non-hydrogen) atoms. The quantitative estimate of drug-likeness (QED) is 0.343. The number of carbonyl (C=O) groups excluding carboxylic acids is 2. The van der Waals surface area contributed by atoms with Gasteiger partial charge in [-0.05, 0) is 52.7 Å². The molecule has 0 spiro atoms. The van der Waals surface area contributed by atoms with Crippen LogP contribution in [0, 0.1) is 6.92 Å². The van der Waals surface area contributed by atoms with Crippen molar-refractivity contribution >= 4 is 34.6 Å². The first-order chi connectivity index (χ1) is 19.5. The summed E-state index contributed by atoms with van der Waals surface area (Å²) < 4.78 is 15.6. The Morgan fingerprint density at radius 3 is 2.61 bits per heavy atom. The standard InChI is InChI=1S/C31H36N5O5/c1-18-15-21(17-40-29(38)20-9-7-6-8-10-20)36-25(18)26(27(37)24-28(36)32-16-19(2)33-24)34-13-14-35(23-12-11-22(23)34)30(39)41-31(3,4)5/h6-10,16,18,21,23H,11-15,17H2,1-5H3/q+1/t18?,21?,23-/m0/s1. The average molecular weight is 559 g/mol. The molecule has 10 heteroatoms. The van der Waals surface area contributed by atoms with Gasteiger partial charge in [0.05, 0.1) is 35.7 Å². The normalized spacial score (nSPS) is 21.8. The molecule has 1 saturated carbocycles. The van der Waals surface area contributed by atoms with Crippen LogP contribution in [0.15, 0.2) is 41.3 Å². The van der Waals surface area contributed by atoms with Crippen LogP contribution in [-0.4, -0.2) is 73.1 Å². The van der Waals surface area contributed by atoms with Crippen LogP contribution >= 0.6 is 0 Å². The second kappa shape index (κ2) is 10.1. The zero-order valence-corrected chi connectivity index (χ0v) is 24.2. The second-order valence-electron chi connectivity index (χ2n) is 12.2. The van der Waals surface area contributed by atoms with Crippen molar-refractivity contribution in [3.63, 3.8) is 0 Å². The van der Waals surface area contributed by atoms with Crippen LogP contribution in [-0.2, 0) is 9.47 Å². The van der Waals surface area contributed by atoms with E-state index in [1.807, 2.05) is 33.8 Å². The van der Waals surface area contributed by atoms with Crippen LogP contribution < -0.4 is 5.43 Å². The highest BCUT2D eigenvalue weighted by molar-refractivity contribution is 5.95. The molecule has 0 bridgehead atoms. The first kappa shape index (κ1) is 27.1. The third-order valence-electron chi connectivity index (χ3n) is 8.15. The van der Waals surface area contributed by atoms with E-state index in [1.165, 1.54) is 0 Å². The lowest BCUT2D eigenvalue weighted by molar-refractivity contribution is -0.457. The molecule has 0 radical (unpaired) electrons. The summed E-state index contributed by atoms with van der Waals surface area (Å²) in [7, 11) is 0. The van der Waals surface area contributed by atoms with Crippen molar-refractivity contribution in [3.8, 4) is 0 Å². The summed E-state index contributed by atoms with van der Waals surface area (Å²) in [4.78, 5) is 51.0. The van der Waals surface area contributed by atoms with Crippen LogP contribution in [0.5, 0.6) is 0 Å². The molecule has 1 fully saturated rings. The van der Waals surface area contributed by atoms with Gasteiger partial charge >= 0.3 is 12.1 Å². The summed E-state index contributed by atoms with van der Waals surface area (Å²) in [6.45, 7) is 10.6. The number of hydrogen-bond acceptors (Lipinski definition) is 7. The molecule has 1 aliphatic carbocycles. The molecule has 0 N–H and O–H groups in total. The maximum absolute atomic E-state index is 14.2. The van der Waals surface area contributed by atoms with Gasteiger partial charge in [0.1, 0.15) is 18.2 Å². The number of nitrogens with zero attached hydrogens (tertiary/aromatic N) is 5. The Kier molecular flexibility index (Phi) is 6.66. The molecule has 1 amide bonds. The van der Waals surface area contributed by atoms with Crippen molar-refractivity contribution in [2.75, 3.05) is 19.7 Å². The smallest absolute Gasteiger partial charge is 0.411 e. The number of pyridine rings is 1. The maximum atomic E-state index is 14.2. The number of ether oxygens (including phenoxy) is 2. The van der Waals surface area contributed by atoms with Crippen molar-refractivity contribution in [2.24, 2.45) is 0 Å². The largest absolute Gasteiger partial charge is 0.460 e. The van der Waals surface area contributed by atoms with Crippen LogP contribution in [0.3, 0.4) is 0 Å². The molecule has 3 aliphatic rings. The minimum Gasteiger partial charge on any atom is -0.460 e. The summed E-state index contributed by atoms with van der Waals surface area (Å²) >= 11 is 0. The van der Waals surface area contributed by atoms with Gasteiger partial charge in [0.15, 0.2) is 23.4 Å². The van der Waals surface area contributed by atoms with Gasteiger partial charge < -0.3 is 14.0 Å². The lowest BCUT2D eigenvalue weighted by Gasteiger charge is -2.40. The van der Waals surface area contributed by atoms with Crippen molar-refractivity contribution in [3.05, 3.63) is 63.7 Å². The number of aryl methyl sites for hydroxylation is 1. The first-order valence-corrected chi connectivity index (χ1v) is 14.3. The highest BCUT2D eigenvalue weighted by Gasteiger charge is 2.49. The Morgan fingerprint density at radius 1 is 1.17 bits per heavy atom. The Morgan fingerprint density at radius 2 is 1.93 bits per heavy atom. The van der Waals surface area contributed by atoms with E-state index in [0.717, 1.165) is 24.2 Å². The molecule has 4 heterocycles. The Bertz CT molecular complexity index is 1640. The van der Waals surface area contributed by atoms with Gasteiger partial charge in [-0.3, -0.25) is 9.69 Å². The number of amides is 1. The number of carbonyl (C=O) groups is 2. The van der Waals surface area contributed by atoms with E-state index in [-0.39, 0.29) is 42.1 Å². The number of fused-ring (bicyclic) bond motifs is 4. The molecule has 2 aromatic heterocycles. The first-order valence-electron chi connectivity index (χ1n) is 14.3. The predicted molar refractivity (Wildman–Crippen MR) is 153 cm³/mol. The number of aromatic nitrogens is 3. The van der Waals surface area contributed by atoms with Gasteiger partial charge in [0.25, 0.3) is 11.1 Å². The van der Waals surface area contributed by atoms with E-state index in [0.29, 0.717) is 47.6 Å². The fourth-order valence-corrected chi connectivity index (χ4v) is 6.31. The number of hydrogen-bond donors (Lipinski definition) is 0. The van der Waals surface area contributed by atoms with Gasteiger partial charge in [-0.1, -0.05) is 25.1 Å². The van der Waals surface area contributed by atoms with Gasteiger partial charge in [0.2, 0.25) is 0 Å². The van der Waals surface area contributed by atoms with Crippen molar-refractivity contribution < 1.29 is 23.6 Å². The molecule has 3 atom stereocenters. The van der Waals surface area contributed by atoms with E-state index in [1.54, 1.807) is 35.4 Å². The van der Waals surface area contributed by atoms with Crippen molar-refractivity contribution in [1.29, 1.82) is 0 Å². The van der Waals surface area contributed by atoms with E-state index in [4.69, 9.17) is 9.47 Å². The SMILES string of the molecule is Cc1cnc2c(n1)c(=O)c([N+]1=C3CC[C@@H]3N(C(=O)OC(C)(C)C)CC1)c1n2C(COC(=O)c2ccccc2)CC1C.